The van der Waals surface area contributed by atoms with Gasteiger partial charge in [-0.15, -0.1) is 0 Å². The lowest BCUT2D eigenvalue weighted by Crippen LogP contribution is -2.68. The van der Waals surface area contributed by atoms with E-state index in [0.29, 0.717) is 12.8 Å². The second kappa shape index (κ2) is 19.7. The number of unbranched alkanes of at least 4 members (excludes halogenated alkanes) is 5. The third-order valence-electron chi connectivity index (χ3n) is 8.72. The zero-order chi connectivity index (χ0) is 35.5. The van der Waals surface area contributed by atoms with Crippen LogP contribution in [-0.2, 0) is 42.7 Å². The van der Waals surface area contributed by atoms with Crippen LogP contribution in [0.3, 0.4) is 0 Å². The number of methoxy groups -OCH3 is 1. The van der Waals surface area contributed by atoms with E-state index in [-0.39, 0.29) is 12.6 Å². The summed E-state index contributed by atoms with van der Waals surface area (Å²) in [4.78, 5) is 23.0. The number of esters is 1. The van der Waals surface area contributed by atoms with Crippen molar-refractivity contribution in [3.05, 3.63) is 0 Å². The van der Waals surface area contributed by atoms with Crippen LogP contribution in [0.5, 0.6) is 0 Å². The van der Waals surface area contributed by atoms with Crippen LogP contribution < -0.4 is 5.32 Å². The molecule has 0 aromatic carbocycles. The average molecular weight is 700 g/mol. The average Bonchev–Trinajstić information content (AvgIpc) is 3.06. The number of aliphatic hydroxyl groups excluding tert-OH is 8. The van der Waals surface area contributed by atoms with Crippen molar-refractivity contribution in [1.29, 1.82) is 0 Å². The van der Waals surface area contributed by atoms with Gasteiger partial charge in [0, 0.05) is 20.0 Å². The van der Waals surface area contributed by atoms with Crippen molar-refractivity contribution in [2.24, 2.45) is 0 Å². The molecule has 48 heavy (non-hydrogen) atoms. The Morgan fingerprint density at radius 2 is 1.25 bits per heavy atom. The van der Waals surface area contributed by atoms with Gasteiger partial charge in [-0.25, -0.2) is 0 Å². The SMILES string of the molecule is COC(=O)CCCCCCCCOC1OC(C)C(O)C(O)C1OC1OC(CO)C(OC2OC(CO)C(O)C(O)C2NC(C)=O)C(O)C1O. The van der Waals surface area contributed by atoms with Gasteiger partial charge in [0.1, 0.15) is 67.1 Å². The summed E-state index contributed by atoms with van der Waals surface area (Å²) >= 11 is 0. The van der Waals surface area contributed by atoms with Crippen LogP contribution in [0.15, 0.2) is 0 Å². The third kappa shape index (κ3) is 10.7. The van der Waals surface area contributed by atoms with Gasteiger partial charge in [0.05, 0.1) is 26.4 Å². The number of amides is 1. The molecule has 0 radical (unpaired) electrons. The summed E-state index contributed by atoms with van der Waals surface area (Å²) in [6.07, 6.45) is -15.6. The van der Waals surface area contributed by atoms with Crippen molar-refractivity contribution in [2.75, 3.05) is 26.9 Å². The smallest absolute Gasteiger partial charge is 0.305 e. The lowest BCUT2D eigenvalue weighted by molar-refractivity contribution is -0.378. The lowest BCUT2D eigenvalue weighted by Gasteiger charge is -2.48. The fourth-order valence-corrected chi connectivity index (χ4v) is 5.89. The van der Waals surface area contributed by atoms with E-state index in [2.05, 4.69) is 10.1 Å². The quantitative estimate of drug-likeness (QED) is 0.0527. The predicted molar refractivity (Wildman–Crippen MR) is 160 cm³/mol. The first-order valence-electron chi connectivity index (χ1n) is 16.4. The Kier molecular flexibility index (Phi) is 16.7. The molecular formula is C30H53NO17. The summed E-state index contributed by atoms with van der Waals surface area (Å²) in [7, 11) is 1.36. The second-order valence-electron chi connectivity index (χ2n) is 12.4. The predicted octanol–water partition coefficient (Wildman–Crippen LogP) is -3.47. The molecule has 9 N–H and O–H groups in total. The van der Waals surface area contributed by atoms with E-state index in [4.69, 9.17) is 28.4 Å². The number of hydrogen-bond donors (Lipinski definition) is 9. The molecule has 18 heteroatoms. The molecule has 15 atom stereocenters. The molecule has 3 saturated heterocycles. The van der Waals surface area contributed by atoms with E-state index < -0.39 is 111 Å². The number of aliphatic hydroxyl groups is 8. The zero-order valence-electron chi connectivity index (χ0n) is 27.5. The molecule has 3 aliphatic heterocycles. The molecule has 3 heterocycles. The maximum atomic E-state index is 11.8. The Hall–Kier alpha value is -1.62. The largest absolute Gasteiger partial charge is 0.469 e. The molecule has 0 aromatic rings. The van der Waals surface area contributed by atoms with E-state index >= 15 is 0 Å². The van der Waals surface area contributed by atoms with Crippen LogP contribution in [-0.4, -0.2) is 172 Å². The van der Waals surface area contributed by atoms with Gasteiger partial charge in [0.15, 0.2) is 18.9 Å². The first-order chi connectivity index (χ1) is 22.8. The molecular weight excluding hydrogens is 646 g/mol. The summed E-state index contributed by atoms with van der Waals surface area (Å²) in [5.74, 6) is -0.854. The minimum atomic E-state index is -1.87. The number of rotatable bonds is 17. The van der Waals surface area contributed by atoms with Crippen molar-refractivity contribution in [2.45, 2.75) is 151 Å². The molecule has 3 aliphatic rings. The van der Waals surface area contributed by atoms with Crippen molar-refractivity contribution in [1.82, 2.24) is 5.32 Å². The summed E-state index contributed by atoms with van der Waals surface area (Å²) in [6, 6.07) is -1.37. The Morgan fingerprint density at radius 1 is 0.667 bits per heavy atom. The van der Waals surface area contributed by atoms with Gasteiger partial charge in [-0.05, 0) is 19.8 Å². The molecule has 0 aromatic heterocycles. The van der Waals surface area contributed by atoms with Crippen LogP contribution >= 0.6 is 0 Å². The summed E-state index contributed by atoms with van der Waals surface area (Å²) in [5.41, 5.74) is 0. The zero-order valence-corrected chi connectivity index (χ0v) is 27.5. The lowest BCUT2D eigenvalue weighted by atomic mass is 9.95. The summed E-state index contributed by atoms with van der Waals surface area (Å²) in [6.45, 7) is 1.37. The van der Waals surface area contributed by atoms with Crippen LogP contribution in [0.2, 0.25) is 0 Å². The minimum absolute atomic E-state index is 0.209. The highest BCUT2D eigenvalue weighted by Gasteiger charge is 2.53. The Bertz CT molecular complexity index is 976. The molecule has 280 valence electrons. The van der Waals surface area contributed by atoms with Crippen molar-refractivity contribution in [3.63, 3.8) is 0 Å². The molecule has 3 fully saturated rings. The third-order valence-corrected chi connectivity index (χ3v) is 8.72. The molecule has 0 bridgehead atoms. The van der Waals surface area contributed by atoms with Crippen molar-refractivity contribution in [3.8, 4) is 0 Å². The fourth-order valence-electron chi connectivity index (χ4n) is 5.89. The van der Waals surface area contributed by atoms with Gasteiger partial charge in [0.25, 0.3) is 0 Å². The molecule has 15 unspecified atom stereocenters. The highest BCUT2D eigenvalue weighted by Crippen LogP contribution is 2.32. The Labute approximate surface area is 278 Å². The van der Waals surface area contributed by atoms with Gasteiger partial charge in [0.2, 0.25) is 5.91 Å². The standard InChI is InChI=1S/C30H53NO17/c1-14-20(36)23(39)27(30(44-14)43-11-9-7-5-4-6-8-10-18(35)42-3)48-29-25(41)24(40)26(17(13-33)46-29)47-28-19(31-15(2)34)22(38)21(37)16(12-32)45-28/h14,16-17,19-30,32-33,36-41H,4-13H2,1-3H3,(H,31,34). The molecule has 0 spiro atoms. The van der Waals surface area contributed by atoms with Gasteiger partial charge < -0.3 is 79.3 Å². The summed E-state index contributed by atoms with van der Waals surface area (Å²) in [5, 5.41) is 86.4. The van der Waals surface area contributed by atoms with E-state index in [1.165, 1.54) is 14.0 Å². The highest BCUT2D eigenvalue weighted by molar-refractivity contribution is 5.73. The number of hydrogen-bond acceptors (Lipinski definition) is 17. The van der Waals surface area contributed by atoms with Crippen molar-refractivity contribution < 1.29 is 83.6 Å². The fraction of sp³-hybridized carbons (Fsp3) is 0.933. The topological polar surface area (TPSA) is 273 Å². The van der Waals surface area contributed by atoms with E-state index in [1.807, 2.05) is 0 Å². The van der Waals surface area contributed by atoms with Gasteiger partial charge in [-0.3, -0.25) is 9.59 Å². The van der Waals surface area contributed by atoms with E-state index in [1.54, 1.807) is 0 Å². The molecule has 0 saturated carbocycles. The summed E-state index contributed by atoms with van der Waals surface area (Å²) < 4.78 is 39.1. The molecule has 3 rings (SSSR count). The highest BCUT2D eigenvalue weighted by atomic mass is 16.8. The van der Waals surface area contributed by atoms with E-state index in [9.17, 15) is 50.4 Å². The Morgan fingerprint density at radius 3 is 1.88 bits per heavy atom. The van der Waals surface area contributed by atoms with Gasteiger partial charge in [-0.2, -0.15) is 0 Å². The number of nitrogens with one attached hydrogen (secondary N) is 1. The minimum Gasteiger partial charge on any atom is -0.469 e. The van der Waals surface area contributed by atoms with E-state index in [0.717, 1.165) is 39.0 Å². The molecule has 0 aliphatic carbocycles. The van der Waals surface area contributed by atoms with Crippen LogP contribution in [0.4, 0.5) is 0 Å². The normalized spacial score (nSPS) is 40.4. The first-order valence-corrected chi connectivity index (χ1v) is 16.4. The number of carbonyl (C=O) groups is 2. The van der Waals surface area contributed by atoms with Crippen molar-refractivity contribution >= 4 is 11.9 Å². The van der Waals surface area contributed by atoms with Gasteiger partial charge in [-0.1, -0.05) is 25.7 Å². The Balaban J connectivity index is 1.62. The maximum absolute atomic E-state index is 11.8. The van der Waals surface area contributed by atoms with Gasteiger partial charge >= 0.3 is 5.97 Å². The number of ether oxygens (including phenoxy) is 7. The molecule has 1 amide bonds. The van der Waals surface area contributed by atoms with Crippen LogP contribution in [0.1, 0.15) is 58.8 Å². The number of carbonyl (C=O) groups excluding carboxylic acids is 2. The monoisotopic (exact) mass is 699 g/mol. The van der Waals surface area contributed by atoms with Crippen LogP contribution in [0.25, 0.3) is 0 Å². The first kappa shape index (κ1) is 40.8. The molecule has 18 nitrogen and oxygen atoms in total. The van der Waals surface area contributed by atoms with Crippen LogP contribution in [0, 0.1) is 0 Å². The maximum Gasteiger partial charge on any atom is 0.305 e. The second-order valence-corrected chi connectivity index (χ2v) is 12.4.